The van der Waals surface area contributed by atoms with E-state index in [-0.39, 0.29) is 5.91 Å². The largest absolute Gasteiger partial charge is 0.480 e. The number of hydrogen-bond donors (Lipinski definition) is 3. The number of amides is 1. The van der Waals surface area contributed by atoms with Crippen molar-refractivity contribution in [2.75, 3.05) is 12.3 Å². The molecule has 0 saturated heterocycles. The minimum absolute atomic E-state index is 0.0188. The molecule has 0 heterocycles. The Bertz CT molecular complexity index is 256. The standard InChI is InChI=1S/C10H20N2O3S/c1-4-12-7(13)5-6-16-10(2,3)8(11)9(14)15/h8H,4-6,11H2,1-3H3,(H,12,13)(H,14,15)/t8-/m0/s1. The number of carboxylic acids is 1. The Morgan fingerprint density at radius 2 is 2.06 bits per heavy atom. The fourth-order valence-electron chi connectivity index (χ4n) is 1.08. The van der Waals surface area contributed by atoms with Gasteiger partial charge in [-0.2, -0.15) is 11.8 Å². The van der Waals surface area contributed by atoms with Gasteiger partial charge in [0.1, 0.15) is 6.04 Å². The Morgan fingerprint density at radius 3 is 2.50 bits per heavy atom. The van der Waals surface area contributed by atoms with Crippen LogP contribution in [-0.4, -0.2) is 40.1 Å². The van der Waals surface area contributed by atoms with Crippen molar-refractivity contribution in [2.24, 2.45) is 5.73 Å². The summed E-state index contributed by atoms with van der Waals surface area (Å²) in [7, 11) is 0. The molecule has 0 bridgehead atoms. The number of rotatable bonds is 7. The number of carbonyl (C=O) groups excluding carboxylic acids is 1. The van der Waals surface area contributed by atoms with Crippen LogP contribution in [0, 0.1) is 0 Å². The second-order valence-electron chi connectivity index (χ2n) is 3.97. The summed E-state index contributed by atoms with van der Waals surface area (Å²) in [5, 5.41) is 11.5. The highest BCUT2D eigenvalue weighted by atomic mass is 32.2. The SMILES string of the molecule is CCNC(=O)CCSC(C)(C)[C@@H](N)C(=O)O. The first-order valence-electron chi connectivity index (χ1n) is 5.20. The van der Waals surface area contributed by atoms with Crippen molar-refractivity contribution in [1.29, 1.82) is 0 Å². The van der Waals surface area contributed by atoms with Gasteiger partial charge < -0.3 is 16.2 Å². The van der Waals surface area contributed by atoms with Crippen molar-refractivity contribution in [3.05, 3.63) is 0 Å². The summed E-state index contributed by atoms with van der Waals surface area (Å²) in [6.45, 7) is 6.01. The third kappa shape index (κ3) is 5.37. The van der Waals surface area contributed by atoms with Crippen LogP contribution in [0.25, 0.3) is 0 Å². The zero-order chi connectivity index (χ0) is 12.8. The number of thioether (sulfide) groups is 1. The van der Waals surface area contributed by atoms with E-state index in [1.165, 1.54) is 11.8 Å². The molecule has 0 aliphatic carbocycles. The number of nitrogens with two attached hydrogens (primary N) is 1. The normalized spacial score (nSPS) is 13.2. The van der Waals surface area contributed by atoms with Crippen LogP contribution in [0.3, 0.4) is 0 Å². The van der Waals surface area contributed by atoms with E-state index in [0.29, 0.717) is 18.7 Å². The van der Waals surface area contributed by atoms with Gasteiger partial charge in [0.25, 0.3) is 0 Å². The van der Waals surface area contributed by atoms with Gasteiger partial charge in [-0.3, -0.25) is 9.59 Å². The summed E-state index contributed by atoms with van der Waals surface area (Å²) in [5.74, 6) is -0.468. The summed E-state index contributed by atoms with van der Waals surface area (Å²) in [6, 6.07) is -0.924. The van der Waals surface area contributed by atoms with Crippen molar-refractivity contribution in [1.82, 2.24) is 5.32 Å². The maximum Gasteiger partial charge on any atom is 0.321 e. The molecule has 16 heavy (non-hydrogen) atoms. The quantitative estimate of drug-likeness (QED) is 0.608. The minimum atomic E-state index is -1.02. The van der Waals surface area contributed by atoms with E-state index in [1.807, 2.05) is 6.92 Å². The fraction of sp³-hybridized carbons (Fsp3) is 0.800. The first-order chi connectivity index (χ1) is 7.31. The zero-order valence-corrected chi connectivity index (χ0v) is 10.8. The predicted octanol–water partition coefficient (Wildman–Crippen LogP) is 0.436. The van der Waals surface area contributed by atoms with Crippen LogP contribution in [0.1, 0.15) is 27.2 Å². The van der Waals surface area contributed by atoms with E-state index >= 15 is 0 Å². The van der Waals surface area contributed by atoms with Gasteiger partial charge in [0, 0.05) is 23.5 Å². The Balaban J connectivity index is 4.00. The molecule has 0 fully saturated rings. The maximum atomic E-state index is 11.2. The van der Waals surface area contributed by atoms with Crippen molar-refractivity contribution in [3.63, 3.8) is 0 Å². The van der Waals surface area contributed by atoms with Gasteiger partial charge in [0.15, 0.2) is 0 Å². The molecular weight excluding hydrogens is 228 g/mol. The molecule has 1 amide bonds. The van der Waals surface area contributed by atoms with Gasteiger partial charge in [-0.25, -0.2) is 0 Å². The van der Waals surface area contributed by atoms with E-state index in [1.54, 1.807) is 13.8 Å². The zero-order valence-electron chi connectivity index (χ0n) is 9.95. The molecule has 94 valence electrons. The van der Waals surface area contributed by atoms with Gasteiger partial charge in [-0.1, -0.05) is 0 Å². The molecule has 0 radical (unpaired) electrons. The first kappa shape index (κ1) is 15.2. The number of nitrogens with one attached hydrogen (secondary N) is 1. The van der Waals surface area contributed by atoms with Crippen LogP contribution >= 0.6 is 11.8 Å². The van der Waals surface area contributed by atoms with Gasteiger partial charge in [0.2, 0.25) is 5.91 Å². The van der Waals surface area contributed by atoms with E-state index in [4.69, 9.17) is 10.8 Å². The molecule has 4 N–H and O–H groups in total. The van der Waals surface area contributed by atoms with Crippen molar-refractivity contribution < 1.29 is 14.7 Å². The molecule has 1 atom stereocenters. The smallest absolute Gasteiger partial charge is 0.321 e. The lowest BCUT2D eigenvalue weighted by molar-refractivity contribution is -0.139. The van der Waals surface area contributed by atoms with Gasteiger partial charge >= 0.3 is 5.97 Å². The second kappa shape index (κ2) is 6.75. The molecule has 6 heteroatoms. The first-order valence-corrected chi connectivity index (χ1v) is 6.19. The number of aliphatic carboxylic acids is 1. The average molecular weight is 248 g/mol. The highest BCUT2D eigenvalue weighted by Crippen LogP contribution is 2.27. The van der Waals surface area contributed by atoms with Gasteiger partial charge in [-0.05, 0) is 20.8 Å². The number of carbonyl (C=O) groups is 2. The summed E-state index contributed by atoms with van der Waals surface area (Å²) >= 11 is 1.40. The molecular formula is C10H20N2O3S. The third-order valence-electron chi connectivity index (χ3n) is 2.19. The lowest BCUT2D eigenvalue weighted by Gasteiger charge is -2.27. The van der Waals surface area contributed by atoms with Crippen molar-refractivity contribution in [3.8, 4) is 0 Å². The fourth-order valence-corrected chi connectivity index (χ4v) is 2.17. The Labute approximate surface area is 100 Å². The highest BCUT2D eigenvalue weighted by molar-refractivity contribution is 8.00. The van der Waals surface area contributed by atoms with E-state index < -0.39 is 16.8 Å². The van der Waals surface area contributed by atoms with Crippen LogP contribution < -0.4 is 11.1 Å². The topological polar surface area (TPSA) is 92.4 Å². The predicted molar refractivity (Wildman–Crippen MR) is 65.4 cm³/mol. The van der Waals surface area contributed by atoms with Crippen LogP contribution in [0.5, 0.6) is 0 Å². The molecule has 0 rings (SSSR count). The number of carboxylic acid groups (broad SMARTS) is 1. The summed E-state index contributed by atoms with van der Waals surface area (Å²) in [5.41, 5.74) is 5.55. The van der Waals surface area contributed by atoms with Crippen LogP contribution in [0.4, 0.5) is 0 Å². The van der Waals surface area contributed by atoms with Crippen molar-refractivity contribution in [2.45, 2.75) is 38.0 Å². The lowest BCUT2D eigenvalue weighted by atomic mass is 10.1. The van der Waals surface area contributed by atoms with Crippen LogP contribution in [0.15, 0.2) is 0 Å². The summed E-state index contributed by atoms with van der Waals surface area (Å²) < 4.78 is -0.571. The summed E-state index contributed by atoms with van der Waals surface area (Å²) in [6.07, 6.45) is 0.383. The molecule has 0 saturated carbocycles. The van der Waals surface area contributed by atoms with Crippen LogP contribution in [-0.2, 0) is 9.59 Å². The third-order valence-corrected chi connectivity index (χ3v) is 3.60. The average Bonchev–Trinajstić information content (AvgIpc) is 2.16. The Kier molecular flexibility index (Phi) is 6.43. The molecule has 0 spiro atoms. The monoisotopic (exact) mass is 248 g/mol. The van der Waals surface area contributed by atoms with Gasteiger partial charge in [-0.15, -0.1) is 0 Å². The molecule has 5 nitrogen and oxygen atoms in total. The minimum Gasteiger partial charge on any atom is -0.480 e. The molecule has 0 aromatic rings. The molecule has 0 aromatic carbocycles. The molecule has 0 aromatic heterocycles. The van der Waals surface area contributed by atoms with Crippen LogP contribution in [0.2, 0.25) is 0 Å². The molecule has 0 aliphatic rings. The van der Waals surface area contributed by atoms with E-state index in [2.05, 4.69) is 5.32 Å². The van der Waals surface area contributed by atoms with Gasteiger partial charge in [0.05, 0.1) is 0 Å². The Morgan fingerprint density at radius 1 is 1.50 bits per heavy atom. The van der Waals surface area contributed by atoms with E-state index in [9.17, 15) is 9.59 Å². The molecule has 0 aliphatic heterocycles. The molecule has 0 unspecified atom stereocenters. The van der Waals surface area contributed by atoms with Crippen molar-refractivity contribution >= 4 is 23.6 Å². The lowest BCUT2D eigenvalue weighted by Crippen LogP contribution is -2.47. The van der Waals surface area contributed by atoms with E-state index in [0.717, 1.165) is 0 Å². The summed E-state index contributed by atoms with van der Waals surface area (Å²) in [4.78, 5) is 21.9. The highest BCUT2D eigenvalue weighted by Gasteiger charge is 2.32. The maximum absolute atomic E-state index is 11.2. The Hall–Kier alpha value is -0.750. The number of hydrogen-bond acceptors (Lipinski definition) is 4. The second-order valence-corrected chi connectivity index (χ2v) is 5.72.